The van der Waals surface area contributed by atoms with Crippen LogP contribution in [0.1, 0.15) is 23.6 Å². The molecule has 176 valence electrons. The van der Waals surface area contributed by atoms with Crippen LogP contribution in [-0.2, 0) is 22.5 Å². The Morgan fingerprint density at radius 3 is 2.58 bits per heavy atom. The van der Waals surface area contributed by atoms with Gasteiger partial charge in [-0.05, 0) is 68.1 Å². The number of aryl methyl sites for hydroxylation is 1. The van der Waals surface area contributed by atoms with Gasteiger partial charge in [-0.25, -0.2) is 0 Å². The van der Waals surface area contributed by atoms with Crippen molar-refractivity contribution in [3.8, 4) is 5.75 Å². The molecule has 0 saturated carbocycles. The molecule has 0 atom stereocenters. The van der Waals surface area contributed by atoms with Gasteiger partial charge in [0.15, 0.2) is 0 Å². The molecule has 4 rings (SSSR count). The molecule has 1 aromatic heterocycles. The van der Waals surface area contributed by atoms with Gasteiger partial charge in [-0.2, -0.15) is 0 Å². The second-order valence-electron chi connectivity index (χ2n) is 8.77. The maximum Gasteiger partial charge on any atom is 0.325 e. The summed E-state index contributed by atoms with van der Waals surface area (Å²) in [6, 6.07) is 12.6. The van der Waals surface area contributed by atoms with Gasteiger partial charge in [-0.3, -0.25) is 9.69 Å². The number of benzene rings is 2. The summed E-state index contributed by atoms with van der Waals surface area (Å²) in [5.74, 6) is 0.624. The Hall–Kier alpha value is -2.99. The van der Waals surface area contributed by atoms with Crippen molar-refractivity contribution in [2.45, 2.75) is 33.7 Å². The standard InChI is InChI=1S/C27H35N3O3/c1-5-33-27(31)19-30-18-22(24-17-23(32-4)9-10-26(24)30)11-12-28-13-15-29(16-14-28)25-8-6-7-20(2)21(25)3/h6-10,17-18H,5,11-16,19H2,1-4H3. The summed E-state index contributed by atoms with van der Waals surface area (Å²) in [7, 11) is 1.69. The van der Waals surface area contributed by atoms with E-state index in [4.69, 9.17) is 9.47 Å². The Kier molecular flexibility index (Phi) is 7.23. The van der Waals surface area contributed by atoms with Gasteiger partial charge in [0.2, 0.25) is 0 Å². The normalized spacial score (nSPS) is 14.6. The predicted octanol–water partition coefficient (Wildman–Crippen LogP) is 4.19. The SMILES string of the molecule is CCOC(=O)Cn1cc(CCN2CCN(c3cccc(C)c3C)CC2)c2cc(OC)ccc21. The highest BCUT2D eigenvalue weighted by atomic mass is 16.5. The Labute approximate surface area is 196 Å². The maximum atomic E-state index is 12.1. The van der Waals surface area contributed by atoms with Crippen molar-refractivity contribution in [1.82, 2.24) is 9.47 Å². The number of hydrogen-bond donors (Lipinski definition) is 0. The molecule has 1 aliphatic heterocycles. The van der Waals surface area contributed by atoms with E-state index in [2.05, 4.69) is 54.1 Å². The number of piperazine rings is 1. The van der Waals surface area contributed by atoms with Crippen LogP contribution in [0.2, 0.25) is 0 Å². The van der Waals surface area contributed by atoms with Gasteiger partial charge in [0.05, 0.1) is 13.7 Å². The van der Waals surface area contributed by atoms with Gasteiger partial charge in [0.25, 0.3) is 0 Å². The third-order valence-corrected chi connectivity index (χ3v) is 6.76. The number of carbonyl (C=O) groups excluding carboxylic acids is 1. The van der Waals surface area contributed by atoms with Crippen molar-refractivity contribution in [2.75, 3.05) is 51.3 Å². The molecule has 0 spiro atoms. The molecule has 0 amide bonds. The van der Waals surface area contributed by atoms with Gasteiger partial charge < -0.3 is 18.9 Å². The first-order valence-electron chi connectivity index (χ1n) is 11.8. The second kappa shape index (κ2) is 10.3. The lowest BCUT2D eigenvalue weighted by Crippen LogP contribution is -2.47. The number of fused-ring (bicyclic) bond motifs is 1. The van der Waals surface area contributed by atoms with Crippen molar-refractivity contribution in [1.29, 1.82) is 0 Å². The van der Waals surface area contributed by atoms with Crippen LogP contribution < -0.4 is 9.64 Å². The van der Waals surface area contributed by atoms with Crippen molar-refractivity contribution >= 4 is 22.6 Å². The van der Waals surface area contributed by atoms with Gasteiger partial charge >= 0.3 is 5.97 Å². The van der Waals surface area contributed by atoms with Crippen molar-refractivity contribution < 1.29 is 14.3 Å². The average Bonchev–Trinajstić information content (AvgIpc) is 3.16. The fourth-order valence-electron chi connectivity index (χ4n) is 4.72. The largest absolute Gasteiger partial charge is 0.497 e. The first kappa shape index (κ1) is 23.2. The molecule has 0 bridgehead atoms. The molecule has 0 radical (unpaired) electrons. The average molecular weight is 450 g/mol. The lowest BCUT2D eigenvalue weighted by molar-refractivity contribution is -0.143. The molecule has 2 heterocycles. The van der Waals surface area contributed by atoms with E-state index < -0.39 is 0 Å². The number of anilines is 1. The molecular weight excluding hydrogens is 414 g/mol. The van der Waals surface area contributed by atoms with E-state index in [1.54, 1.807) is 7.11 Å². The van der Waals surface area contributed by atoms with Gasteiger partial charge in [-0.1, -0.05) is 12.1 Å². The fourth-order valence-corrected chi connectivity index (χ4v) is 4.72. The molecule has 6 heteroatoms. The van der Waals surface area contributed by atoms with Crippen LogP contribution in [-0.4, -0.2) is 61.9 Å². The summed E-state index contributed by atoms with van der Waals surface area (Å²) < 4.78 is 12.6. The molecule has 0 unspecified atom stereocenters. The summed E-state index contributed by atoms with van der Waals surface area (Å²) in [5, 5.41) is 1.15. The molecule has 1 saturated heterocycles. The molecule has 0 aliphatic carbocycles. The van der Waals surface area contributed by atoms with Crippen LogP contribution in [0.25, 0.3) is 10.9 Å². The number of esters is 1. The maximum absolute atomic E-state index is 12.1. The highest BCUT2D eigenvalue weighted by Crippen LogP contribution is 2.28. The highest BCUT2D eigenvalue weighted by molar-refractivity contribution is 5.86. The van der Waals surface area contributed by atoms with E-state index in [1.165, 1.54) is 22.4 Å². The quantitative estimate of drug-likeness (QED) is 0.483. The summed E-state index contributed by atoms with van der Waals surface area (Å²) in [6.45, 7) is 12.1. The topological polar surface area (TPSA) is 46.9 Å². The van der Waals surface area contributed by atoms with E-state index >= 15 is 0 Å². The lowest BCUT2D eigenvalue weighted by atomic mass is 10.1. The van der Waals surface area contributed by atoms with E-state index in [0.717, 1.165) is 55.8 Å². The third kappa shape index (κ3) is 5.17. The van der Waals surface area contributed by atoms with Crippen LogP contribution in [0, 0.1) is 13.8 Å². The van der Waals surface area contributed by atoms with Gasteiger partial charge in [-0.15, -0.1) is 0 Å². The van der Waals surface area contributed by atoms with E-state index in [0.29, 0.717) is 6.61 Å². The molecular formula is C27H35N3O3. The number of methoxy groups -OCH3 is 1. The lowest BCUT2D eigenvalue weighted by Gasteiger charge is -2.37. The van der Waals surface area contributed by atoms with E-state index in [9.17, 15) is 4.79 Å². The van der Waals surface area contributed by atoms with Crippen molar-refractivity contribution in [3.63, 3.8) is 0 Å². The Bertz CT molecular complexity index is 1110. The number of nitrogens with zero attached hydrogens (tertiary/aromatic N) is 3. The number of aromatic nitrogens is 1. The molecule has 33 heavy (non-hydrogen) atoms. The van der Waals surface area contributed by atoms with Crippen LogP contribution in [0.5, 0.6) is 5.75 Å². The zero-order chi connectivity index (χ0) is 23.4. The Morgan fingerprint density at radius 2 is 1.85 bits per heavy atom. The predicted molar refractivity (Wildman–Crippen MR) is 133 cm³/mol. The highest BCUT2D eigenvalue weighted by Gasteiger charge is 2.20. The summed E-state index contributed by atoms with van der Waals surface area (Å²) >= 11 is 0. The molecule has 1 fully saturated rings. The van der Waals surface area contributed by atoms with Crippen molar-refractivity contribution in [2.24, 2.45) is 0 Å². The fraction of sp³-hybridized carbons (Fsp3) is 0.444. The van der Waals surface area contributed by atoms with E-state index in [-0.39, 0.29) is 12.5 Å². The third-order valence-electron chi connectivity index (χ3n) is 6.76. The molecule has 0 N–H and O–H groups in total. The zero-order valence-electron chi connectivity index (χ0n) is 20.3. The second-order valence-corrected chi connectivity index (χ2v) is 8.77. The number of hydrogen-bond acceptors (Lipinski definition) is 5. The minimum absolute atomic E-state index is 0.209. The van der Waals surface area contributed by atoms with Crippen molar-refractivity contribution in [3.05, 3.63) is 59.3 Å². The first-order valence-corrected chi connectivity index (χ1v) is 11.8. The van der Waals surface area contributed by atoms with Gasteiger partial charge in [0, 0.05) is 55.5 Å². The Morgan fingerprint density at radius 1 is 1.06 bits per heavy atom. The summed E-state index contributed by atoms with van der Waals surface area (Å²) in [5.41, 5.74) is 6.38. The minimum atomic E-state index is -0.209. The number of ether oxygens (including phenoxy) is 2. The number of carbonyl (C=O) groups is 1. The Balaban J connectivity index is 1.43. The van der Waals surface area contributed by atoms with Gasteiger partial charge in [0.1, 0.15) is 12.3 Å². The van der Waals surface area contributed by atoms with Crippen LogP contribution in [0.3, 0.4) is 0 Å². The molecule has 3 aromatic rings. The summed E-state index contributed by atoms with van der Waals surface area (Å²) in [6.07, 6.45) is 3.04. The zero-order valence-corrected chi connectivity index (χ0v) is 20.3. The number of rotatable bonds is 8. The minimum Gasteiger partial charge on any atom is -0.497 e. The van der Waals surface area contributed by atoms with E-state index in [1.807, 2.05) is 23.6 Å². The smallest absolute Gasteiger partial charge is 0.325 e. The first-order chi connectivity index (χ1) is 16.0. The monoisotopic (exact) mass is 449 g/mol. The van der Waals surface area contributed by atoms with Crippen LogP contribution >= 0.6 is 0 Å². The van der Waals surface area contributed by atoms with Crippen LogP contribution in [0.15, 0.2) is 42.6 Å². The molecule has 6 nitrogen and oxygen atoms in total. The van der Waals surface area contributed by atoms with Crippen LogP contribution in [0.4, 0.5) is 5.69 Å². The molecule has 2 aromatic carbocycles. The molecule has 1 aliphatic rings. The summed E-state index contributed by atoms with van der Waals surface area (Å²) in [4.78, 5) is 17.2.